The number of piperidine rings is 1. The summed E-state index contributed by atoms with van der Waals surface area (Å²) in [6, 6.07) is 5.81. The van der Waals surface area contributed by atoms with Crippen LogP contribution in [0.3, 0.4) is 0 Å². The van der Waals surface area contributed by atoms with E-state index in [9.17, 15) is 9.59 Å². The SMILES string of the molecule is CCn1ncc2c(NC3CCN(C(N)=O)CC3)c(C(=O)NC(C)c3cc(C)ccc3C)cnc21. The van der Waals surface area contributed by atoms with Crippen LogP contribution in [-0.4, -0.2) is 50.7 Å². The van der Waals surface area contributed by atoms with Gasteiger partial charge in [0.05, 0.1) is 28.9 Å². The zero-order valence-corrected chi connectivity index (χ0v) is 20.3. The number of aromatic nitrogens is 3. The highest BCUT2D eigenvalue weighted by atomic mass is 16.2. The van der Waals surface area contributed by atoms with E-state index in [0.717, 1.165) is 46.3 Å². The second kappa shape index (κ2) is 9.70. The number of carbonyl (C=O) groups is 2. The number of anilines is 1. The Morgan fingerprint density at radius 1 is 1.21 bits per heavy atom. The minimum Gasteiger partial charge on any atom is -0.381 e. The second-order valence-electron chi connectivity index (χ2n) is 9.04. The first-order valence-electron chi connectivity index (χ1n) is 11.8. The fourth-order valence-electron chi connectivity index (χ4n) is 4.61. The zero-order chi connectivity index (χ0) is 24.4. The Labute approximate surface area is 199 Å². The predicted molar refractivity (Wildman–Crippen MR) is 133 cm³/mol. The molecule has 180 valence electrons. The number of nitrogens with one attached hydrogen (secondary N) is 2. The molecule has 1 saturated heterocycles. The third-order valence-corrected chi connectivity index (χ3v) is 6.61. The van der Waals surface area contributed by atoms with Crippen LogP contribution in [0.15, 0.2) is 30.6 Å². The molecule has 34 heavy (non-hydrogen) atoms. The number of primary amides is 1. The van der Waals surface area contributed by atoms with Gasteiger partial charge in [0.15, 0.2) is 5.65 Å². The van der Waals surface area contributed by atoms with Gasteiger partial charge in [0.25, 0.3) is 5.91 Å². The molecule has 3 heterocycles. The Bertz CT molecular complexity index is 1210. The summed E-state index contributed by atoms with van der Waals surface area (Å²) in [5.41, 5.74) is 10.8. The van der Waals surface area contributed by atoms with Crippen molar-refractivity contribution in [2.75, 3.05) is 18.4 Å². The molecule has 1 aromatic carbocycles. The van der Waals surface area contributed by atoms with E-state index in [1.165, 1.54) is 0 Å². The van der Waals surface area contributed by atoms with E-state index in [2.05, 4.69) is 45.8 Å². The van der Waals surface area contributed by atoms with E-state index in [1.54, 1.807) is 17.3 Å². The summed E-state index contributed by atoms with van der Waals surface area (Å²) in [6.07, 6.45) is 4.88. The third kappa shape index (κ3) is 4.69. The third-order valence-electron chi connectivity index (χ3n) is 6.61. The predicted octanol–water partition coefficient (Wildman–Crippen LogP) is 3.51. The van der Waals surface area contributed by atoms with E-state index in [-0.39, 0.29) is 18.0 Å². The van der Waals surface area contributed by atoms with Crippen molar-refractivity contribution in [2.24, 2.45) is 5.73 Å². The number of aryl methyl sites for hydroxylation is 3. The number of rotatable bonds is 6. The van der Waals surface area contributed by atoms with Gasteiger partial charge in [-0.25, -0.2) is 14.5 Å². The lowest BCUT2D eigenvalue weighted by Gasteiger charge is -2.32. The number of carbonyl (C=O) groups excluding carboxylic acids is 2. The largest absolute Gasteiger partial charge is 0.381 e. The van der Waals surface area contributed by atoms with Gasteiger partial charge in [0.2, 0.25) is 0 Å². The molecule has 1 aliphatic heterocycles. The molecule has 3 aromatic rings. The van der Waals surface area contributed by atoms with Crippen LogP contribution >= 0.6 is 0 Å². The number of hydrogen-bond acceptors (Lipinski definition) is 5. The molecule has 4 N–H and O–H groups in total. The number of likely N-dealkylation sites (tertiary alicyclic amines) is 1. The summed E-state index contributed by atoms with van der Waals surface area (Å²) in [4.78, 5) is 31.2. The minimum absolute atomic E-state index is 0.106. The lowest BCUT2D eigenvalue weighted by molar-refractivity contribution is 0.0940. The number of nitrogens with two attached hydrogens (primary N) is 1. The number of urea groups is 1. The van der Waals surface area contributed by atoms with Crippen LogP contribution < -0.4 is 16.4 Å². The maximum atomic E-state index is 13.5. The Morgan fingerprint density at radius 2 is 1.94 bits per heavy atom. The number of benzene rings is 1. The molecule has 0 radical (unpaired) electrons. The molecular weight excluding hydrogens is 430 g/mol. The van der Waals surface area contributed by atoms with E-state index >= 15 is 0 Å². The zero-order valence-electron chi connectivity index (χ0n) is 20.3. The summed E-state index contributed by atoms with van der Waals surface area (Å²) in [5.74, 6) is -0.191. The molecule has 3 amide bonds. The minimum atomic E-state index is -0.394. The highest BCUT2D eigenvalue weighted by Crippen LogP contribution is 2.29. The second-order valence-corrected chi connectivity index (χ2v) is 9.04. The molecule has 1 atom stereocenters. The van der Waals surface area contributed by atoms with Gasteiger partial charge >= 0.3 is 6.03 Å². The molecule has 0 bridgehead atoms. The molecule has 2 aromatic heterocycles. The average Bonchev–Trinajstić information content (AvgIpc) is 3.24. The van der Waals surface area contributed by atoms with E-state index in [1.807, 2.05) is 25.5 Å². The van der Waals surface area contributed by atoms with Crippen molar-refractivity contribution in [3.05, 3.63) is 52.8 Å². The topological polar surface area (TPSA) is 118 Å². The molecule has 0 spiro atoms. The van der Waals surface area contributed by atoms with Crippen molar-refractivity contribution in [3.8, 4) is 0 Å². The Kier molecular flexibility index (Phi) is 6.72. The standard InChI is InChI=1S/C25H33N7O2/c1-5-32-23-20(14-28-32)22(30-18-8-10-31(11-9-18)25(26)34)21(13-27-23)24(33)29-17(4)19-12-15(2)6-7-16(19)3/h6-7,12-14,17-18H,5,8-11H2,1-4H3,(H2,26,34)(H,27,30)(H,29,33). The van der Waals surface area contributed by atoms with Gasteiger partial charge in [0, 0.05) is 31.9 Å². The highest BCUT2D eigenvalue weighted by molar-refractivity contribution is 6.06. The van der Waals surface area contributed by atoms with Gasteiger partial charge in [-0.1, -0.05) is 23.8 Å². The fraction of sp³-hybridized carbons (Fsp3) is 0.440. The monoisotopic (exact) mass is 463 g/mol. The van der Waals surface area contributed by atoms with Crippen molar-refractivity contribution in [3.63, 3.8) is 0 Å². The van der Waals surface area contributed by atoms with E-state index < -0.39 is 6.03 Å². The van der Waals surface area contributed by atoms with Gasteiger partial charge < -0.3 is 21.3 Å². The van der Waals surface area contributed by atoms with Crippen LogP contribution in [0.1, 0.15) is 59.8 Å². The number of hydrogen-bond donors (Lipinski definition) is 3. The number of fused-ring (bicyclic) bond motifs is 1. The molecular formula is C25H33N7O2. The summed E-state index contributed by atoms with van der Waals surface area (Å²) < 4.78 is 1.82. The van der Waals surface area contributed by atoms with E-state index in [0.29, 0.717) is 25.2 Å². The van der Waals surface area contributed by atoms with Crippen molar-refractivity contribution >= 4 is 28.7 Å². The molecule has 1 unspecified atom stereocenters. The molecule has 0 aliphatic carbocycles. The van der Waals surface area contributed by atoms with E-state index in [4.69, 9.17) is 5.73 Å². The van der Waals surface area contributed by atoms with Gasteiger partial charge in [-0.3, -0.25) is 4.79 Å². The molecule has 1 aliphatic rings. The molecule has 4 rings (SSSR count). The van der Waals surface area contributed by atoms with Crippen LogP contribution in [0.4, 0.5) is 10.5 Å². The lowest BCUT2D eigenvalue weighted by atomic mass is 9.99. The normalized spacial score (nSPS) is 15.4. The van der Waals surface area contributed by atoms with Gasteiger partial charge in [-0.05, 0) is 51.7 Å². The van der Waals surface area contributed by atoms with Crippen LogP contribution in [-0.2, 0) is 6.54 Å². The first-order chi connectivity index (χ1) is 16.3. The first-order valence-corrected chi connectivity index (χ1v) is 11.8. The van der Waals surface area contributed by atoms with Crippen LogP contribution in [0.2, 0.25) is 0 Å². The fourth-order valence-corrected chi connectivity index (χ4v) is 4.61. The number of pyridine rings is 1. The summed E-state index contributed by atoms with van der Waals surface area (Å²) in [7, 11) is 0. The number of amides is 3. The van der Waals surface area contributed by atoms with Crippen LogP contribution in [0, 0.1) is 13.8 Å². The van der Waals surface area contributed by atoms with Crippen LogP contribution in [0.5, 0.6) is 0 Å². The maximum Gasteiger partial charge on any atom is 0.314 e. The average molecular weight is 464 g/mol. The quantitative estimate of drug-likeness (QED) is 0.517. The summed E-state index contributed by atoms with van der Waals surface area (Å²) in [5, 5.41) is 12.0. The van der Waals surface area contributed by atoms with Gasteiger partial charge in [-0.2, -0.15) is 5.10 Å². The smallest absolute Gasteiger partial charge is 0.314 e. The summed E-state index contributed by atoms with van der Waals surface area (Å²) in [6.45, 7) is 9.95. The van der Waals surface area contributed by atoms with Gasteiger partial charge in [-0.15, -0.1) is 0 Å². The van der Waals surface area contributed by atoms with Crippen molar-refractivity contribution in [1.29, 1.82) is 0 Å². The first kappa shape index (κ1) is 23.5. The van der Waals surface area contributed by atoms with Gasteiger partial charge in [0.1, 0.15) is 0 Å². The van der Waals surface area contributed by atoms with Crippen LogP contribution in [0.25, 0.3) is 11.0 Å². The molecule has 9 nitrogen and oxygen atoms in total. The Balaban J connectivity index is 1.63. The maximum absolute atomic E-state index is 13.5. The molecule has 0 saturated carbocycles. The van der Waals surface area contributed by atoms with Crippen molar-refractivity contribution in [2.45, 2.75) is 59.2 Å². The highest BCUT2D eigenvalue weighted by Gasteiger charge is 2.25. The van der Waals surface area contributed by atoms with Crippen molar-refractivity contribution in [1.82, 2.24) is 25.0 Å². The Morgan fingerprint density at radius 3 is 2.62 bits per heavy atom. The number of nitrogens with zero attached hydrogens (tertiary/aromatic N) is 4. The Hall–Kier alpha value is -3.62. The summed E-state index contributed by atoms with van der Waals surface area (Å²) >= 11 is 0. The lowest BCUT2D eigenvalue weighted by Crippen LogP contribution is -2.45. The van der Waals surface area contributed by atoms with Crippen molar-refractivity contribution < 1.29 is 9.59 Å². The molecule has 1 fully saturated rings. The molecule has 9 heteroatoms.